The zero-order valence-corrected chi connectivity index (χ0v) is 16.7. The van der Waals surface area contributed by atoms with Gasteiger partial charge in [0.15, 0.2) is 16.6 Å². The molecule has 0 aliphatic rings. The highest BCUT2D eigenvalue weighted by Crippen LogP contribution is 2.32. The van der Waals surface area contributed by atoms with E-state index in [0.717, 1.165) is 5.69 Å². The number of ether oxygens (including phenoxy) is 2. The molecule has 2 aromatic carbocycles. The van der Waals surface area contributed by atoms with Crippen molar-refractivity contribution in [3.8, 4) is 11.5 Å². The Morgan fingerprint density at radius 2 is 1.74 bits per heavy atom. The molecule has 0 saturated heterocycles. The molecule has 1 heterocycles. The molecule has 0 unspecified atom stereocenters. The van der Waals surface area contributed by atoms with E-state index in [1.807, 2.05) is 6.07 Å². The first kappa shape index (κ1) is 19.3. The molecule has 0 spiro atoms. The number of anilines is 3. The van der Waals surface area contributed by atoms with Gasteiger partial charge in [-0.25, -0.2) is 4.98 Å². The number of carbonyl (C=O) groups excluding carboxylic acids is 1. The van der Waals surface area contributed by atoms with Crippen molar-refractivity contribution in [2.75, 3.05) is 24.9 Å². The Bertz CT molecular complexity index is 978. The Kier molecular flexibility index (Phi) is 6.05. The van der Waals surface area contributed by atoms with Crippen molar-refractivity contribution < 1.29 is 14.3 Å². The van der Waals surface area contributed by atoms with Crippen LogP contribution >= 0.6 is 34.5 Å². The summed E-state index contributed by atoms with van der Waals surface area (Å²) in [6, 6.07) is 10.3. The maximum absolute atomic E-state index is 12.4. The van der Waals surface area contributed by atoms with Crippen molar-refractivity contribution in [2.45, 2.75) is 0 Å². The molecule has 0 fully saturated rings. The summed E-state index contributed by atoms with van der Waals surface area (Å²) < 4.78 is 10.5. The number of aromatic nitrogens is 1. The Hall–Kier alpha value is -2.48. The lowest BCUT2D eigenvalue weighted by Crippen LogP contribution is -2.12. The molecule has 6 nitrogen and oxygen atoms in total. The third-order valence-electron chi connectivity index (χ3n) is 3.55. The average molecular weight is 424 g/mol. The SMILES string of the molecule is COc1ccc(Nc2nc(C(=O)Nc3ccc(Cl)c(Cl)c3)cs2)cc1OC. The molecule has 3 rings (SSSR count). The van der Waals surface area contributed by atoms with Crippen molar-refractivity contribution in [3.63, 3.8) is 0 Å². The minimum Gasteiger partial charge on any atom is -0.493 e. The normalized spacial score (nSPS) is 10.4. The first-order valence-electron chi connectivity index (χ1n) is 7.71. The predicted octanol–water partition coefficient (Wildman–Crippen LogP) is 5.46. The first-order valence-corrected chi connectivity index (χ1v) is 9.34. The molecule has 0 aliphatic carbocycles. The third kappa shape index (κ3) is 4.63. The number of halogens is 2. The van der Waals surface area contributed by atoms with Gasteiger partial charge in [-0.2, -0.15) is 0 Å². The number of nitrogens with one attached hydrogen (secondary N) is 2. The van der Waals surface area contributed by atoms with E-state index in [4.69, 9.17) is 32.7 Å². The zero-order valence-electron chi connectivity index (χ0n) is 14.4. The highest BCUT2D eigenvalue weighted by atomic mass is 35.5. The second-order valence-electron chi connectivity index (χ2n) is 5.32. The van der Waals surface area contributed by atoms with Crippen molar-refractivity contribution in [2.24, 2.45) is 0 Å². The monoisotopic (exact) mass is 423 g/mol. The van der Waals surface area contributed by atoms with Gasteiger partial charge >= 0.3 is 0 Å². The number of rotatable bonds is 6. The number of thiazole rings is 1. The van der Waals surface area contributed by atoms with Crippen molar-refractivity contribution in [1.29, 1.82) is 0 Å². The summed E-state index contributed by atoms with van der Waals surface area (Å²) in [5, 5.41) is 8.89. The Labute approximate surface area is 170 Å². The smallest absolute Gasteiger partial charge is 0.275 e. The van der Waals surface area contributed by atoms with Crippen molar-refractivity contribution >= 4 is 57.0 Å². The number of nitrogens with zero attached hydrogens (tertiary/aromatic N) is 1. The van der Waals surface area contributed by atoms with E-state index < -0.39 is 0 Å². The number of carbonyl (C=O) groups is 1. The van der Waals surface area contributed by atoms with Crippen LogP contribution in [0.4, 0.5) is 16.5 Å². The summed E-state index contributed by atoms with van der Waals surface area (Å²) >= 11 is 13.1. The lowest BCUT2D eigenvalue weighted by atomic mass is 10.3. The average Bonchev–Trinajstić information content (AvgIpc) is 3.13. The third-order valence-corrected chi connectivity index (χ3v) is 5.05. The molecule has 0 atom stereocenters. The van der Waals surface area contributed by atoms with Gasteiger partial charge in [-0.05, 0) is 30.3 Å². The number of benzene rings is 2. The molecule has 2 N–H and O–H groups in total. The molecule has 0 aliphatic heterocycles. The fourth-order valence-corrected chi connectivity index (χ4v) is 3.25. The number of methoxy groups -OCH3 is 2. The van der Waals surface area contributed by atoms with Crippen molar-refractivity contribution in [1.82, 2.24) is 4.98 Å². The molecule has 0 bridgehead atoms. The highest BCUT2D eigenvalue weighted by molar-refractivity contribution is 7.14. The van der Waals surface area contributed by atoms with Crippen LogP contribution in [0.2, 0.25) is 10.0 Å². The second-order valence-corrected chi connectivity index (χ2v) is 6.99. The molecule has 9 heteroatoms. The van der Waals surface area contributed by atoms with E-state index in [0.29, 0.717) is 32.4 Å². The van der Waals surface area contributed by atoms with E-state index >= 15 is 0 Å². The number of amides is 1. The summed E-state index contributed by atoms with van der Waals surface area (Å²) in [6.07, 6.45) is 0. The fourth-order valence-electron chi connectivity index (χ4n) is 2.24. The van der Waals surface area contributed by atoms with Crippen LogP contribution in [-0.4, -0.2) is 25.1 Å². The van der Waals surface area contributed by atoms with Gasteiger partial charge in [0, 0.05) is 22.8 Å². The zero-order chi connectivity index (χ0) is 19.4. The van der Waals surface area contributed by atoms with E-state index in [1.54, 1.807) is 49.9 Å². The molecule has 0 radical (unpaired) electrons. The van der Waals surface area contributed by atoms with Gasteiger partial charge < -0.3 is 20.1 Å². The largest absolute Gasteiger partial charge is 0.493 e. The van der Waals surface area contributed by atoms with E-state index in [-0.39, 0.29) is 11.6 Å². The van der Waals surface area contributed by atoms with E-state index in [2.05, 4.69) is 15.6 Å². The van der Waals surface area contributed by atoms with Crippen LogP contribution in [0.25, 0.3) is 0 Å². The number of hydrogen-bond donors (Lipinski definition) is 2. The van der Waals surface area contributed by atoms with Crippen molar-refractivity contribution in [3.05, 3.63) is 57.5 Å². The molecule has 3 aromatic rings. The van der Waals surface area contributed by atoms with Gasteiger partial charge in [0.25, 0.3) is 5.91 Å². The molecular weight excluding hydrogens is 409 g/mol. The van der Waals surface area contributed by atoms with Crippen LogP contribution in [0.15, 0.2) is 41.8 Å². The van der Waals surface area contributed by atoms with Gasteiger partial charge in [-0.15, -0.1) is 11.3 Å². The topological polar surface area (TPSA) is 72.5 Å². The van der Waals surface area contributed by atoms with Crippen LogP contribution in [0, 0.1) is 0 Å². The quantitative estimate of drug-likeness (QED) is 0.550. The summed E-state index contributed by atoms with van der Waals surface area (Å²) in [6.45, 7) is 0. The van der Waals surface area contributed by atoms with Crippen LogP contribution in [0.5, 0.6) is 11.5 Å². The summed E-state index contributed by atoms with van der Waals surface area (Å²) in [7, 11) is 3.14. The number of hydrogen-bond acceptors (Lipinski definition) is 6. The molecule has 27 heavy (non-hydrogen) atoms. The maximum atomic E-state index is 12.4. The fraction of sp³-hybridized carbons (Fsp3) is 0.111. The van der Waals surface area contributed by atoms with Gasteiger partial charge in [0.2, 0.25) is 0 Å². The molecule has 1 amide bonds. The molecule has 1 aromatic heterocycles. The molecule has 140 valence electrons. The van der Waals surface area contributed by atoms with Crippen LogP contribution < -0.4 is 20.1 Å². The maximum Gasteiger partial charge on any atom is 0.275 e. The summed E-state index contributed by atoms with van der Waals surface area (Å²) in [4.78, 5) is 16.7. The Morgan fingerprint density at radius 3 is 2.44 bits per heavy atom. The minimum atomic E-state index is -0.343. The lowest BCUT2D eigenvalue weighted by molar-refractivity contribution is 0.102. The minimum absolute atomic E-state index is 0.286. The van der Waals surface area contributed by atoms with E-state index in [9.17, 15) is 4.79 Å². The van der Waals surface area contributed by atoms with Crippen LogP contribution in [0.3, 0.4) is 0 Å². The summed E-state index contributed by atoms with van der Waals surface area (Å²) in [5.74, 6) is 0.880. The predicted molar refractivity (Wildman–Crippen MR) is 109 cm³/mol. The molecule has 0 saturated carbocycles. The molecular formula is C18H15Cl2N3O3S. The van der Waals surface area contributed by atoms with Gasteiger partial charge in [-0.3, -0.25) is 4.79 Å². The van der Waals surface area contributed by atoms with Crippen LogP contribution in [0.1, 0.15) is 10.5 Å². The highest BCUT2D eigenvalue weighted by Gasteiger charge is 2.13. The Balaban J connectivity index is 1.70. The van der Waals surface area contributed by atoms with Gasteiger partial charge in [0.05, 0.1) is 24.3 Å². The second kappa shape index (κ2) is 8.47. The summed E-state index contributed by atoms with van der Waals surface area (Å²) in [5.41, 5.74) is 1.59. The van der Waals surface area contributed by atoms with Gasteiger partial charge in [0.1, 0.15) is 5.69 Å². The van der Waals surface area contributed by atoms with Crippen LogP contribution in [-0.2, 0) is 0 Å². The van der Waals surface area contributed by atoms with E-state index in [1.165, 1.54) is 11.3 Å². The standard InChI is InChI=1S/C18H15Cl2N3O3S/c1-25-15-6-4-11(8-16(15)26-2)22-18-23-14(9-27-18)17(24)21-10-3-5-12(19)13(20)7-10/h3-9H,1-2H3,(H,21,24)(H,22,23). The lowest BCUT2D eigenvalue weighted by Gasteiger charge is -2.09. The first-order chi connectivity index (χ1) is 13.0. The Morgan fingerprint density at radius 1 is 1.00 bits per heavy atom. The van der Waals surface area contributed by atoms with Gasteiger partial charge in [-0.1, -0.05) is 23.2 Å².